The van der Waals surface area contributed by atoms with Gasteiger partial charge < -0.3 is 0 Å². The lowest BCUT2D eigenvalue weighted by molar-refractivity contribution is -0.0730. The molecule has 0 aromatic carbocycles. The van der Waals surface area contributed by atoms with Crippen molar-refractivity contribution < 1.29 is 17.6 Å². The second kappa shape index (κ2) is 14.1. The second-order valence-electron chi connectivity index (χ2n) is 14.2. The fourth-order valence-electron chi connectivity index (χ4n) is 1.42. The minimum atomic E-state index is -2.75. The summed E-state index contributed by atoms with van der Waals surface area (Å²) in [5.74, 6) is -5.08. The number of hydrogen-bond donors (Lipinski definition) is 0. The van der Waals surface area contributed by atoms with E-state index in [0.29, 0.717) is 10.8 Å². The first-order chi connectivity index (χ1) is 14.2. The largest absolute Gasteiger partial charge is 0.266 e. The predicted octanol–water partition coefficient (Wildman–Crippen LogP) is 11.9. The molecule has 34 heavy (non-hydrogen) atoms. The van der Waals surface area contributed by atoms with Gasteiger partial charge in [0.25, 0.3) is 5.92 Å². The minimum absolute atomic E-state index is 0.0139. The average Bonchev–Trinajstić information content (AvgIpc) is 2.49. The average molecular weight is 497 g/mol. The topological polar surface area (TPSA) is 0 Å². The van der Waals surface area contributed by atoms with Crippen molar-refractivity contribution in [3.8, 4) is 0 Å². The van der Waals surface area contributed by atoms with Crippen LogP contribution in [-0.2, 0) is 0 Å². The van der Waals surface area contributed by atoms with Gasteiger partial charge in [0.2, 0.25) is 5.92 Å². The van der Waals surface area contributed by atoms with E-state index in [-0.39, 0.29) is 11.0 Å². The van der Waals surface area contributed by atoms with Crippen molar-refractivity contribution in [2.24, 2.45) is 33.5 Å². The van der Waals surface area contributed by atoms with E-state index in [9.17, 15) is 17.6 Å². The predicted molar refractivity (Wildman–Crippen MR) is 147 cm³/mol. The van der Waals surface area contributed by atoms with E-state index >= 15 is 0 Å². The maximum Gasteiger partial charge on any atom is 0.266 e. The van der Waals surface area contributed by atoms with Crippen molar-refractivity contribution in [1.29, 1.82) is 0 Å². The lowest BCUT2D eigenvalue weighted by Crippen LogP contribution is -2.32. The Morgan fingerprint density at radius 3 is 0.794 bits per heavy atom. The highest BCUT2D eigenvalue weighted by Crippen LogP contribution is 2.37. The van der Waals surface area contributed by atoms with Crippen LogP contribution in [0.2, 0.25) is 0 Å². The highest BCUT2D eigenvalue weighted by molar-refractivity contribution is 5.13. The van der Waals surface area contributed by atoms with Crippen LogP contribution in [0.5, 0.6) is 0 Å². The highest BCUT2D eigenvalue weighted by atomic mass is 19.3. The van der Waals surface area contributed by atoms with Crippen LogP contribution in [0.1, 0.15) is 125 Å². The summed E-state index contributed by atoms with van der Waals surface area (Å²) >= 11 is 0. The van der Waals surface area contributed by atoms with E-state index in [2.05, 4.69) is 75.5 Å². The molecular weight excluding hydrogens is 436 g/mol. The Balaban J connectivity index is -0.000000179. The van der Waals surface area contributed by atoms with Gasteiger partial charge in [-0.15, -0.1) is 0 Å². The van der Waals surface area contributed by atoms with Gasteiger partial charge in [-0.25, -0.2) is 17.6 Å². The van der Waals surface area contributed by atoms with Gasteiger partial charge in [0, 0.05) is 12.8 Å². The van der Waals surface area contributed by atoms with Crippen molar-refractivity contribution in [3.05, 3.63) is 24.3 Å². The molecule has 0 spiro atoms. The van der Waals surface area contributed by atoms with Crippen LogP contribution in [0.3, 0.4) is 0 Å². The zero-order chi connectivity index (χ0) is 29.3. The molecule has 0 aliphatic heterocycles. The molecule has 0 heterocycles. The Bertz CT molecular complexity index is 542. The molecule has 0 saturated heterocycles. The molecule has 1 atom stereocenters. The molecule has 0 aliphatic carbocycles. The summed E-state index contributed by atoms with van der Waals surface area (Å²) in [5, 5.41) is 0. The van der Waals surface area contributed by atoms with Crippen molar-refractivity contribution in [2.75, 3.05) is 0 Å². The molecule has 1 unspecified atom stereocenters. The van der Waals surface area contributed by atoms with Crippen LogP contribution in [-0.4, -0.2) is 11.8 Å². The molecule has 0 fully saturated rings. The Morgan fingerprint density at radius 1 is 0.559 bits per heavy atom. The Morgan fingerprint density at radius 2 is 0.794 bits per heavy atom. The van der Waals surface area contributed by atoms with Crippen molar-refractivity contribution in [1.82, 2.24) is 0 Å². The highest BCUT2D eigenvalue weighted by Gasteiger charge is 2.38. The third-order valence-electron chi connectivity index (χ3n) is 6.51. The first kappa shape index (κ1) is 40.4. The van der Waals surface area contributed by atoms with E-state index in [0.717, 1.165) is 19.8 Å². The zero-order valence-corrected chi connectivity index (χ0v) is 26.1. The van der Waals surface area contributed by atoms with Crippen LogP contribution in [0, 0.1) is 33.5 Å². The zero-order valence-electron chi connectivity index (χ0n) is 26.1. The first-order valence-electron chi connectivity index (χ1n) is 12.3. The quantitative estimate of drug-likeness (QED) is 0.263. The summed E-state index contributed by atoms with van der Waals surface area (Å²) in [6, 6.07) is 0. The van der Waals surface area contributed by atoms with Crippen LogP contribution < -0.4 is 0 Å². The fourth-order valence-corrected chi connectivity index (χ4v) is 1.42. The SMILES string of the molecule is C=C(C(C)(C)C)C(C)(F)F.C=C(C)C(C)(C)C.CC(C(C)(C)C)C(C)(F)F.CC(C)C(C)(C)C. The van der Waals surface area contributed by atoms with Crippen LogP contribution >= 0.6 is 0 Å². The van der Waals surface area contributed by atoms with Crippen LogP contribution in [0.15, 0.2) is 24.3 Å². The van der Waals surface area contributed by atoms with Gasteiger partial charge in [-0.2, -0.15) is 0 Å². The first-order valence-corrected chi connectivity index (χ1v) is 12.3. The molecule has 0 bridgehead atoms. The Hall–Kier alpha value is -0.800. The summed E-state index contributed by atoms with van der Waals surface area (Å²) in [4.78, 5) is 0. The van der Waals surface area contributed by atoms with Crippen molar-refractivity contribution in [3.63, 3.8) is 0 Å². The lowest BCUT2D eigenvalue weighted by Gasteiger charge is -2.31. The summed E-state index contributed by atoms with van der Waals surface area (Å²) in [5.41, 5.74) is 1.23. The monoisotopic (exact) mass is 496 g/mol. The van der Waals surface area contributed by atoms with Crippen molar-refractivity contribution >= 4 is 0 Å². The second-order valence-corrected chi connectivity index (χ2v) is 14.2. The van der Waals surface area contributed by atoms with E-state index in [4.69, 9.17) is 0 Å². The van der Waals surface area contributed by atoms with Gasteiger partial charge in [0.1, 0.15) is 0 Å². The molecule has 0 rings (SSSR count). The summed E-state index contributed by atoms with van der Waals surface area (Å²) in [7, 11) is 0. The van der Waals surface area contributed by atoms with E-state index in [1.807, 2.05) is 20.8 Å². The standard InChI is InChI=1S/C8H16F2.C8H14F2.C7H16.C7H14/c2*1-6(7(2,3)4)8(5,9)10;2*1-6(2)7(3,4)5/h6H,1-5H3;1H2,2-5H3;6H,1-5H3;1H2,2-5H3. The number of hydrogen-bond acceptors (Lipinski definition) is 0. The van der Waals surface area contributed by atoms with Gasteiger partial charge in [-0.05, 0) is 47.0 Å². The maximum atomic E-state index is 12.6. The number of alkyl halides is 4. The summed E-state index contributed by atoms with van der Waals surface area (Å²) in [6.45, 7) is 41.1. The summed E-state index contributed by atoms with van der Waals surface area (Å²) in [6.07, 6.45) is 0. The number of halogens is 4. The molecule has 0 aromatic heterocycles. The molecule has 0 amide bonds. The molecule has 4 heteroatoms. The fraction of sp³-hybridized carbons (Fsp3) is 0.867. The molecule has 0 aliphatic rings. The Labute approximate surface area is 212 Å². The van der Waals surface area contributed by atoms with Crippen molar-refractivity contribution in [2.45, 2.75) is 136 Å². The van der Waals surface area contributed by atoms with Gasteiger partial charge >= 0.3 is 0 Å². The third-order valence-corrected chi connectivity index (χ3v) is 6.51. The van der Waals surface area contributed by atoms with E-state index in [1.165, 1.54) is 5.57 Å². The number of allylic oxidation sites excluding steroid dienone is 2. The van der Waals surface area contributed by atoms with Crippen LogP contribution in [0.25, 0.3) is 0 Å². The van der Waals surface area contributed by atoms with Gasteiger partial charge in [-0.3, -0.25) is 0 Å². The molecule has 0 nitrogen and oxygen atoms in total. The molecule has 0 aromatic rings. The smallest absolute Gasteiger partial charge is 0.207 e. The molecule has 0 radical (unpaired) electrons. The van der Waals surface area contributed by atoms with Crippen LogP contribution in [0.4, 0.5) is 17.6 Å². The number of rotatable bonds is 2. The third kappa shape index (κ3) is 23.0. The maximum absolute atomic E-state index is 12.6. The van der Waals surface area contributed by atoms with E-state index in [1.54, 1.807) is 27.7 Å². The molecule has 208 valence electrons. The van der Waals surface area contributed by atoms with E-state index < -0.39 is 23.2 Å². The minimum Gasteiger partial charge on any atom is -0.207 e. The lowest BCUT2D eigenvalue weighted by atomic mass is 9.79. The van der Waals surface area contributed by atoms with Gasteiger partial charge in [0.15, 0.2) is 0 Å². The molecule has 0 N–H and O–H groups in total. The Kier molecular flexibility index (Phi) is 16.7. The summed E-state index contributed by atoms with van der Waals surface area (Å²) < 4.78 is 50.2. The van der Waals surface area contributed by atoms with Gasteiger partial charge in [-0.1, -0.05) is 123 Å². The van der Waals surface area contributed by atoms with Gasteiger partial charge in [0.05, 0.1) is 0 Å². The molecule has 0 saturated carbocycles. The molecular formula is C30H60F4. The normalized spacial score (nSPS) is 14.0.